The molecule has 0 N–H and O–H groups in total. The zero-order valence-corrected chi connectivity index (χ0v) is 10.8. The van der Waals surface area contributed by atoms with Crippen LogP contribution in [0.3, 0.4) is 0 Å². The molecule has 90 valence electrons. The van der Waals surface area contributed by atoms with E-state index in [9.17, 15) is 4.79 Å². The van der Waals surface area contributed by atoms with Crippen molar-refractivity contribution in [3.63, 3.8) is 0 Å². The molecule has 0 saturated heterocycles. The van der Waals surface area contributed by atoms with Gasteiger partial charge in [-0.15, -0.1) is 0 Å². The third-order valence-electron chi connectivity index (χ3n) is 2.32. The molecular weight excluding hydrogens is 224 g/mol. The van der Waals surface area contributed by atoms with Crippen LogP contribution in [0.5, 0.6) is 0 Å². The Morgan fingerprint density at radius 1 is 1.50 bits per heavy atom. The molecule has 1 atom stereocenters. The van der Waals surface area contributed by atoms with Crippen LogP contribution in [0.25, 0.3) is 0 Å². The predicted octanol–water partition coefficient (Wildman–Crippen LogP) is 2.62. The molecule has 0 spiro atoms. The predicted molar refractivity (Wildman–Crippen MR) is 64.3 cm³/mol. The number of hydrogen-bond acceptors (Lipinski definition) is 5. The van der Waals surface area contributed by atoms with Crippen molar-refractivity contribution in [1.82, 2.24) is 10.1 Å². The molecule has 0 aliphatic heterocycles. The van der Waals surface area contributed by atoms with Gasteiger partial charge in [0.2, 0.25) is 5.89 Å². The van der Waals surface area contributed by atoms with Crippen molar-refractivity contribution in [2.45, 2.75) is 51.0 Å². The average Bonchev–Trinajstić information content (AvgIpc) is 2.73. The normalized spacial score (nSPS) is 12.7. The fourth-order valence-electron chi connectivity index (χ4n) is 1.05. The maximum Gasteiger partial charge on any atom is 0.234 e. The van der Waals surface area contributed by atoms with E-state index in [0.29, 0.717) is 23.4 Å². The summed E-state index contributed by atoms with van der Waals surface area (Å²) in [7, 11) is 0. The Morgan fingerprint density at radius 3 is 2.88 bits per heavy atom. The Balaban J connectivity index is 2.42. The van der Waals surface area contributed by atoms with E-state index in [0.717, 1.165) is 12.2 Å². The van der Waals surface area contributed by atoms with Crippen LogP contribution in [0.15, 0.2) is 4.52 Å². The lowest BCUT2D eigenvalue weighted by Gasteiger charge is -2.04. The van der Waals surface area contributed by atoms with Crippen molar-refractivity contribution in [3.05, 3.63) is 11.7 Å². The van der Waals surface area contributed by atoms with E-state index < -0.39 is 0 Å². The maximum absolute atomic E-state index is 11.2. The van der Waals surface area contributed by atoms with Gasteiger partial charge in [-0.25, -0.2) is 0 Å². The number of thioether (sulfide) groups is 1. The van der Waals surface area contributed by atoms with E-state index in [1.807, 2.05) is 6.92 Å². The van der Waals surface area contributed by atoms with E-state index in [2.05, 4.69) is 24.0 Å². The third-order valence-corrected chi connectivity index (χ3v) is 3.65. The van der Waals surface area contributed by atoms with Gasteiger partial charge in [0.15, 0.2) is 5.82 Å². The lowest BCUT2D eigenvalue weighted by Crippen LogP contribution is -2.00. The highest BCUT2D eigenvalue weighted by Gasteiger charge is 2.10. The van der Waals surface area contributed by atoms with Gasteiger partial charge in [0.05, 0.1) is 12.2 Å². The fourth-order valence-corrected chi connectivity index (χ4v) is 1.84. The summed E-state index contributed by atoms with van der Waals surface area (Å²) in [5.41, 5.74) is 0. The van der Waals surface area contributed by atoms with E-state index in [4.69, 9.17) is 4.52 Å². The molecule has 16 heavy (non-hydrogen) atoms. The molecule has 5 heteroatoms. The van der Waals surface area contributed by atoms with Crippen molar-refractivity contribution >= 4 is 17.5 Å². The first-order valence-corrected chi connectivity index (χ1v) is 6.65. The van der Waals surface area contributed by atoms with Crippen LogP contribution in [0.4, 0.5) is 0 Å². The SMILES string of the molecule is CCC(=O)Cc1nc(CSC(C)CC)no1. The van der Waals surface area contributed by atoms with Gasteiger partial charge in [0.25, 0.3) is 0 Å². The van der Waals surface area contributed by atoms with Crippen LogP contribution in [-0.2, 0) is 17.0 Å². The molecule has 0 aromatic carbocycles. The molecule has 1 aromatic rings. The van der Waals surface area contributed by atoms with Crippen LogP contribution in [0.2, 0.25) is 0 Å². The van der Waals surface area contributed by atoms with Gasteiger partial charge in [-0.1, -0.05) is 25.9 Å². The topological polar surface area (TPSA) is 56.0 Å². The second-order valence-corrected chi connectivity index (χ2v) is 5.13. The highest BCUT2D eigenvalue weighted by atomic mass is 32.2. The minimum Gasteiger partial charge on any atom is -0.339 e. The highest BCUT2D eigenvalue weighted by molar-refractivity contribution is 7.99. The Kier molecular flexibility index (Phi) is 5.52. The number of carbonyl (C=O) groups excluding carboxylic acids is 1. The summed E-state index contributed by atoms with van der Waals surface area (Å²) in [6.45, 7) is 6.16. The van der Waals surface area contributed by atoms with Gasteiger partial charge in [0.1, 0.15) is 5.78 Å². The summed E-state index contributed by atoms with van der Waals surface area (Å²) < 4.78 is 5.01. The molecule has 1 heterocycles. The van der Waals surface area contributed by atoms with Crippen molar-refractivity contribution < 1.29 is 9.32 Å². The van der Waals surface area contributed by atoms with Crippen molar-refractivity contribution in [2.24, 2.45) is 0 Å². The zero-order valence-electron chi connectivity index (χ0n) is 10.0. The Morgan fingerprint density at radius 2 is 2.25 bits per heavy atom. The Labute approximate surface area is 100 Å². The zero-order chi connectivity index (χ0) is 12.0. The summed E-state index contributed by atoms with van der Waals surface area (Å²) in [6.07, 6.45) is 1.90. The summed E-state index contributed by atoms with van der Waals surface area (Å²) >= 11 is 1.80. The first-order valence-electron chi connectivity index (χ1n) is 5.60. The molecule has 0 aliphatic carbocycles. The smallest absolute Gasteiger partial charge is 0.234 e. The first-order chi connectivity index (χ1) is 7.65. The molecule has 1 aromatic heterocycles. The average molecular weight is 242 g/mol. The number of nitrogens with zero attached hydrogens (tertiary/aromatic N) is 2. The minimum absolute atomic E-state index is 0.129. The molecule has 4 nitrogen and oxygen atoms in total. The van der Waals surface area contributed by atoms with Crippen LogP contribution in [0, 0.1) is 0 Å². The van der Waals surface area contributed by atoms with Gasteiger partial charge in [-0.3, -0.25) is 4.79 Å². The van der Waals surface area contributed by atoms with Gasteiger partial charge >= 0.3 is 0 Å². The lowest BCUT2D eigenvalue weighted by molar-refractivity contribution is -0.118. The Hall–Kier alpha value is -0.840. The molecule has 1 rings (SSSR count). The van der Waals surface area contributed by atoms with Crippen LogP contribution in [-0.4, -0.2) is 21.2 Å². The quantitative estimate of drug-likeness (QED) is 0.735. The van der Waals surface area contributed by atoms with Gasteiger partial charge < -0.3 is 4.52 Å². The fraction of sp³-hybridized carbons (Fsp3) is 0.727. The molecule has 0 saturated carbocycles. The summed E-state index contributed by atoms with van der Waals surface area (Å²) in [5.74, 6) is 2.00. The van der Waals surface area contributed by atoms with E-state index in [1.54, 1.807) is 11.8 Å². The van der Waals surface area contributed by atoms with Crippen LogP contribution in [0.1, 0.15) is 45.3 Å². The molecule has 0 amide bonds. The third kappa shape index (κ3) is 4.35. The summed E-state index contributed by atoms with van der Waals surface area (Å²) in [4.78, 5) is 15.4. The molecular formula is C11H18N2O2S. The van der Waals surface area contributed by atoms with E-state index in [1.165, 1.54) is 0 Å². The van der Waals surface area contributed by atoms with Gasteiger partial charge in [-0.05, 0) is 6.42 Å². The molecule has 0 bridgehead atoms. The second kappa shape index (κ2) is 6.68. The monoisotopic (exact) mass is 242 g/mol. The van der Waals surface area contributed by atoms with Crippen LogP contribution < -0.4 is 0 Å². The lowest BCUT2D eigenvalue weighted by atomic mass is 10.2. The maximum atomic E-state index is 11.2. The van der Waals surface area contributed by atoms with E-state index >= 15 is 0 Å². The minimum atomic E-state index is 0.129. The van der Waals surface area contributed by atoms with Crippen LogP contribution >= 0.6 is 11.8 Å². The number of aromatic nitrogens is 2. The summed E-state index contributed by atoms with van der Waals surface area (Å²) in [5, 5.41) is 4.45. The standard InChI is InChI=1S/C11H18N2O2S/c1-4-8(3)16-7-10-12-11(15-13-10)6-9(14)5-2/h8H,4-7H2,1-3H3. The highest BCUT2D eigenvalue weighted by Crippen LogP contribution is 2.18. The first kappa shape index (κ1) is 13.2. The molecule has 1 unspecified atom stereocenters. The van der Waals surface area contributed by atoms with E-state index in [-0.39, 0.29) is 12.2 Å². The summed E-state index contributed by atoms with van der Waals surface area (Å²) in [6, 6.07) is 0. The number of ketones is 1. The van der Waals surface area contributed by atoms with Crippen molar-refractivity contribution in [3.8, 4) is 0 Å². The number of hydrogen-bond donors (Lipinski definition) is 0. The second-order valence-electron chi connectivity index (χ2n) is 3.70. The van der Waals surface area contributed by atoms with Gasteiger partial charge in [-0.2, -0.15) is 16.7 Å². The Bertz CT molecular complexity index is 338. The molecule has 0 aliphatic rings. The van der Waals surface area contributed by atoms with Gasteiger partial charge in [0, 0.05) is 11.7 Å². The number of Topliss-reactive ketones (excluding diaryl/α,β-unsaturated/α-hetero) is 1. The number of carbonyl (C=O) groups is 1. The largest absolute Gasteiger partial charge is 0.339 e. The molecule has 0 radical (unpaired) electrons. The molecule has 0 fully saturated rings. The van der Waals surface area contributed by atoms with Crippen molar-refractivity contribution in [1.29, 1.82) is 0 Å². The number of rotatable bonds is 7. The van der Waals surface area contributed by atoms with Crippen molar-refractivity contribution in [2.75, 3.05) is 0 Å².